The highest BCUT2D eigenvalue weighted by atomic mass is 16.7. The number of allylic oxidation sites excluding steroid dienone is 2. The second-order valence-electron chi connectivity index (χ2n) is 10.2. The summed E-state index contributed by atoms with van der Waals surface area (Å²) in [7, 11) is 0. The van der Waals surface area contributed by atoms with Crippen molar-refractivity contribution in [2.75, 3.05) is 33.1 Å². The molecule has 0 amide bonds. The first-order chi connectivity index (χ1) is 19.5. The average molecular weight is 550 g/mol. The Balaban J connectivity index is 1.31. The fourth-order valence-corrected chi connectivity index (χ4v) is 5.32. The molecule has 8 heteroatoms. The molecule has 8 nitrogen and oxygen atoms in total. The summed E-state index contributed by atoms with van der Waals surface area (Å²) in [5, 5.41) is 0. The lowest BCUT2D eigenvalue weighted by Crippen LogP contribution is -2.49. The van der Waals surface area contributed by atoms with Gasteiger partial charge in [-0.05, 0) is 36.0 Å². The lowest BCUT2D eigenvalue weighted by Gasteiger charge is -2.35. The molecular formula is C32H39NO7. The van der Waals surface area contributed by atoms with Crippen molar-refractivity contribution in [1.82, 2.24) is 4.90 Å². The molecule has 0 bridgehead atoms. The van der Waals surface area contributed by atoms with Crippen molar-refractivity contribution >= 4 is 17.7 Å². The average Bonchev–Trinajstić information content (AvgIpc) is 3.29. The summed E-state index contributed by atoms with van der Waals surface area (Å²) in [5.74, 6) is -0.590. The number of ketones is 1. The van der Waals surface area contributed by atoms with E-state index in [-0.39, 0.29) is 37.1 Å². The summed E-state index contributed by atoms with van der Waals surface area (Å²) in [5.41, 5.74) is 3.42. The molecule has 214 valence electrons. The van der Waals surface area contributed by atoms with E-state index in [4.69, 9.17) is 14.2 Å². The van der Waals surface area contributed by atoms with Gasteiger partial charge >= 0.3 is 11.9 Å². The van der Waals surface area contributed by atoms with Crippen LogP contribution in [-0.2, 0) is 39.9 Å². The van der Waals surface area contributed by atoms with Crippen molar-refractivity contribution in [1.29, 1.82) is 0 Å². The summed E-state index contributed by atoms with van der Waals surface area (Å²) < 4.78 is 21.4. The topological polar surface area (TPSA) is 91.4 Å². The number of unbranched alkanes of at least 4 members (excludes halogenated alkanes) is 1. The summed E-state index contributed by atoms with van der Waals surface area (Å²) >= 11 is 0. The smallest absolute Gasteiger partial charge is 0.308 e. The summed E-state index contributed by atoms with van der Waals surface area (Å²) in [6.45, 7) is 4.15. The Labute approximate surface area is 236 Å². The second kappa shape index (κ2) is 15.5. The molecule has 2 aromatic carbocycles. The molecule has 3 atom stereocenters. The van der Waals surface area contributed by atoms with Gasteiger partial charge in [-0.25, -0.2) is 0 Å². The number of hydrogen-bond donors (Lipinski definition) is 0. The first-order valence-electron chi connectivity index (χ1n) is 14.1. The summed E-state index contributed by atoms with van der Waals surface area (Å²) in [6, 6.07) is 18.5. The van der Waals surface area contributed by atoms with Crippen molar-refractivity contribution in [3.8, 4) is 11.1 Å². The Morgan fingerprint density at radius 1 is 0.975 bits per heavy atom. The number of esters is 2. The third-order valence-electron chi connectivity index (χ3n) is 7.39. The second-order valence-corrected chi connectivity index (χ2v) is 10.2. The van der Waals surface area contributed by atoms with E-state index in [1.807, 2.05) is 18.2 Å². The molecule has 1 aliphatic heterocycles. The van der Waals surface area contributed by atoms with Crippen molar-refractivity contribution in [2.24, 2.45) is 5.92 Å². The lowest BCUT2D eigenvalue weighted by atomic mass is 9.95. The van der Waals surface area contributed by atoms with Crippen LogP contribution in [0.2, 0.25) is 0 Å². The Kier molecular flexibility index (Phi) is 11.5. The Bertz CT molecular complexity index is 1130. The van der Waals surface area contributed by atoms with Gasteiger partial charge in [0.25, 0.3) is 0 Å². The highest BCUT2D eigenvalue weighted by Crippen LogP contribution is 2.34. The first-order valence-corrected chi connectivity index (χ1v) is 14.1. The van der Waals surface area contributed by atoms with E-state index in [1.54, 1.807) is 0 Å². The largest absolute Gasteiger partial charge is 0.428 e. The molecule has 1 saturated carbocycles. The number of hydrogen-bond acceptors (Lipinski definition) is 8. The Morgan fingerprint density at radius 2 is 1.70 bits per heavy atom. The van der Waals surface area contributed by atoms with E-state index in [0.717, 1.165) is 30.6 Å². The lowest BCUT2D eigenvalue weighted by molar-refractivity contribution is -0.165. The maximum absolute atomic E-state index is 13.2. The Hall–Kier alpha value is -3.33. The zero-order chi connectivity index (χ0) is 28.2. The van der Waals surface area contributed by atoms with Crippen LogP contribution in [0, 0.1) is 5.92 Å². The van der Waals surface area contributed by atoms with Crippen molar-refractivity contribution < 1.29 is 33.3 Å². The molecule has 0 aromatic heterocycles. The van der Waals surface area contributed by atoms with Crippen LogP contribution in [0.4, 0.5) is 0 Å². The van der Waals surface area contributed by atoms with Crippen molar-refractivity contribution in [3.63, 3.8) is 0 Å². The molecule has 2 aliphatic rings. The number of carbonyl (C=O) groups excluding carboxylic acids is 3. The van der Waals surface area contributed by atoms with E-state index in [1.165, 1.54) is 12.5 Å². The standard InChI is InChI=1S/C32H39NO7/c1-24(34)39-23-40-31(36)12-8-3-2-7-11-28-30(21-29(35)32(28)33-17-19-37-20-18-33)38-22-25-13-15-27(16-14-25)26-9-5-4-6-10-26/h2,4-7,9-10,13-16,28,30,32H,3,8,11-12,17-23H2,1H3/b7-2-/t28?,30-,32+/m0/s1. The molecule has 2 fully saturated rings. The molecule has 2 aromatic rings. The van der Waals surface area contributed by atoms with E-state index in [9.17, 15) is 14.4 Å². The molecule has 0 radical (unpaired) electrons. The zero-order valence-corrected chi connectivity index (χ0v) is 23.2. The molecule has 1 aliphatic carbocycles. The third kappa shape index (κ3) is 8.84. The number of nitrogens with zero attached hydrogens (tertiary/aromatic N) is 1. The quantitative estimate of drug-likeness (QED) is 0.154. The van der Waals surface area contributed by atoms with Gasteiger partial charge in [-0.15, -0.1) is 0 Å². The monoisotopic (exact) mass is 549 g/mol. The highest BCUT2D eigenvalue weighted by Gasteiger charge is 2.45. The van der Waals surface area contributed by atoms with Crippen LogP contribution in [0.1, 0.15) is 44.6 Å². The van der Waals surface area contributed by atoms with Gasteiger partial charge in [0.15, 0.2) is 5.78 Å². The predicted molar refractivity (Wildman–Crippen MR) is 150 cm³/mol. The predicted octanol–water partition coefficient (Wildman–Crippen LogP) is 4.71. The first kappa shape index (κ1) is 29.6. The fourth-order valence-electron chi connectivity index (χ4n) is 5.32. The fraction of sp³-hybridized carbons (Fsp3) is 0.469. The number of benzene rings is 2. The van der Waals surface area contributed by atoms with Crippen molar-refractivity contribution in [2.45, 2.75) is 57.8 Å². The normalized spacial score (nSPS) is 21.5. The SMILES string of the molecule is CC(=O)OCOC(=O)CCC/C=C\CC1[C@@H](OCc2ccc(-c3ccccc3)cc2)CC(=O)[C@@H]1N1CCOCC1. The van der Waals surface area contributed by atoms with Crippen LogP contribution in [0.15, 0.2) is 66.7 Å². The van der Waals surface area contributed by atoms with Gasteiger partial charge in [0.2, 0.25) is 6.79 Å². The third-order valence-corrected chi connectivity index (χ3v) is 7.39. The molecule has 1 saturated heterocycles. The Morgan fingerprint density at radius 3 is 2.42 bits per heavy atom. The van der Waals surface area contributed by atoms with Crippen LogP contribution in [0.25, 0.3) is 11.1 Å². The van der Waals surface area contributed by atoms with Crippen LogP contribution >= 0.6 is 0 Å². The maximum Gasteiger partial charge on any atom is 0.308 e. The van der Waals surface area contributed by atoms with Gasteiger partial charge in [-0.3, -0.25) is 19.3 Å². The van der Waals surface area contributed by atoms with Crippen LogP contribution in [0.5, 0.6) is 0 Å². The summed E-state index contributed by atoms with van der Waals surface area (Å²) in [6.07, 6.45) is 6.73. The molecule has 1 unspecified atom stereocenters. The number of Topliss-reactive ketones (excluding diaryl/α,β-unsaturated/α-hetero) is 1. The van der Waals surface area contributed by atoms with Crippen LogP contribution < -0.4 is 0 Å². The van der Waals surface area contributed by atoms with Gasteiger partial charge in [0.1, 0.15) is 0 Å². The number of morpholine rings is 1. The van der Waals surface area contributed by atoms with E-state index in [0.29, 0.717) is 39.1 Å². The van der Waals surface area contributed by atoms with Gasteiger partial charge < -0.3 is 18.9 Å². The van der Waals surface area contributed by atoms with Crippen molar-refractivity contribution in [3.05, 3.63) is 72.3 Å². The van der Waals surface area contributed by atoms with Gasteiger partial charge in [-0.1, -0.05) is 66.7 Å². The minimum absolute atomic E-state index is 0.0548. The van der Waals surface area contributed by atoms with Crippen LogP contribution in [-0.4, -0.2) is 67.9 Å². The zero-order valence-electron chi connectivity index (χ0n) is 23.2. The molecule has 0 spiro atoms. The van der Waals surface area contributed by atoms with Gasteiger partial charge in [-0.2, -0.15) is 0 Å². The number of rotatable bonds is 13. The van der Waals surface area contributed by atoms with E-state index >= 15 is 0 Å². The minimum atomic E-state index is -0.486. The van der Waals surface area contributed by atoms with Crippen LogP contribution in [0.3, 0.4) is 0 Å². The van der Waals surface area contributed by atoms with E-state index in [2.05, 4.69) is 58.2 Å². The minimum Gasteiger partial charge on any atom is -0.428 e. The van der Waals surface area contributed by atoms with Gasteiger partial charge in [0.05, 0.1) is 32.0 Å². The maximum atomic E-state index is 13.2. The molecule has 4 rings (SSSR count). The number of ether oxygens (including phenoxy) is 4. The molecule has 0 N–H and O–H groups in total. The summed E-state index contributed by atoms with van der Waals surface area (Å²) in [4.78, 5) is 37.9. The molecular weight excluding hydrogens is 510 g/mol. The molecule has 1 heterocycles. The van der Waals surface area contributed by atoms with Gasteiger partial charge in [0, 0.05) is 38.8 Å². The highest BCUT2D eigenvalue weighted by molar-refractivity contribution is 5.87. The number of carbonyl (C=O) groups is 3. The molecule has 40 heavy (non-hydrogen) atoms. The van der Waals surface area contributed by atoms with E-state index < -0.39 is 11.9 Å².